The number of allylic oxidation sites excluding steroid dienone is 2. The van der Waals surface area contributed by atoms with Crippen LogP contribution in [-0.2, 0) is 14.3 Å². The topological polar surface area (TPSA) is 63.6 Å². The van der Waals surface area contributed by atoms with Gasteiger partial charge in [-0.25, -0.2) is 0 Å². The number of unbranched alkanes of at least 4 members (excludes halogenated alkanes) is 28. The highest BCUT2D eigenvalue weighted by Crippen LogP contribution is 2.17. The first kappa shape index (κ1) is 44.7. The van der Waals surface area contributed by atoms with Crippen LogP contribution in [0.15, 0.2) is 12.2 Å². The van der Waals surface area contributed by atoms with Gasteiger partial charge in [0.2, 0.25) is 0 Å². The molecule has 46 heavy (non-hydrogen) atoms. The van der Waals surface area contributed by atoms with Crippen molar-refractivity contribution in [2.24, 2.45) is 0 Å². The first-order valence-electron chi connectivity index (χ1n) is 20.7. The fraction of sp³-hybridized carbons (Fsp3) is 0.905. The molecule has 0 spiro atoms. The van der Waals surface area contributed by atoms with Crippen molar-refractivity contribution in [1.29, 1.82) is 0 Å². The Morgan fingerprint density at radius 2 is 0.826 bits per heavy atom. The molecule has 0 aromatic carbocycles. The lowest BCUT2D eigenvalue weighted by Gasteiger charge is -2.16. The molecule has 0 amide bonds. The minimum absolute atomic E-state index is 0.0158. The van der Waals surface area contributed by atoms with Gasteiger partial charge in [0, 0.05) is 12.8 Å². The molecule has 1 N–H and O–H groups in total. The van der Waals surface area contributed by atoms with E-state index in [1.165, 1.54) is 173 Å². The zero-order valence-electron chi connectivity index (χ0n) is 31.2. The molecule has 0 aliphatic carbocycles. The van der Waals surface area contributed by atoms with Crippen molar-refractivity contribution in [1.82, 2.24) is 0 Å². The van der Waals surface area contributed by atoms with Crippen LogP contribution in [0.3, 0.4) is 0 Å². The van der Waals surface area contributed by atoms with Crippen LogP contribution in [0.25, 0.3) is 0 Å². The van der Waals surface area contributed by atoms with E-state index in [2.05, 4.69) is 26.0 Å². The average Bonchev–Trinajstić information content (AvgIpc) is 3.04. The normalized spacial score (nSPS) is 12.2. The number of carbonyl (C=O) groups excluding carboxylic acids is 1. The van der Waals surface area contributed by atoms with Crippen molar-refractivity contribution in [2.75, 3.05) is 0 Å². The van der Waals surface area contributed by atoms with Gasteiger partial charge in [-0.1, -0.05) is 180 Å². The maximum atomic E-state index is 12.3. The molecule has 0 aliphatic heterocycles. The summed E-state index contributed by atoms with van der Waals surface area (Å²) in [4.78, 5) is 22.8. The van der Waals surface area contributed by atoms with Gasteiger partial charge < -0.3 is 9.84 Å². The van der Waals surface area contributed by atoms with Crippen molar-refractivity contribution in [3.05, 3.63) is 12.2 Å². The van der Waals surface area contributed by atoms with E-state index in [1.54, 1.807) is 0 Å². The summed E-state index contributed by atoms with van der Waals surface area (Å²) in [5.41, 5.74) is 0. The van der Waals surface area contributed by atoms with Crippen LogP contribution in [0, 0.1) is 0 Å². The van der Waals surface area contributed by atoms with E-state index < -0.39 is 5.97 Å². The third-order valence-corrected chi connectivity index (χ3v) is 9.56. The zero-order chi connectivity index (χ0) is 33.6. The average molecular weight is 649 g/mol. The van der Waals surface area contributed by atoms with Crippen LogP contribution in [0.5, 0.6) is 0 Å². The highest BCUT2D eigenvalue weighted by molar-refractivity contribution is 5.69. The molecule has 0 heterocycles. The number of ether oxygens (including phenoxy) is 1. The van der Waals surface area contributed by atoms with Crippen molar-refractivity contribution in [3.63, 3.8) is 0 Å². The number of carboxylic acids is 1. The second-order valence-corrected chi connectivity index (χ2v) is 14.2. The summed E-state index contributed by atoms with van der Waals surface area (Å²) in [6.45, 7) is 4.42. The van der Waals surface area contributed by atoms with E-state index in [9.17, 15) is 9.59 Å². The molecule has 0 saturated heterocycles. The lowest BCUT2D eigenvalue weighted by atomic mass is 10.0. The zero-order valence-corrected chi connectivity index (χ0v) is 31.2. The molecule has 0 fully saturated rings. The third kappa shape index (κ3) is 37.1. The molecular weight excluding hydrogens is 568 g/mol. The molecule has 0 radical (unpaired) electrons. The van der Waals surface area contributed by atoms with E-state index in [1.807, 2.05) is 0 Å². The summed E-state index contributed by atoms with van der Waals surface area (Å²) in [6.07, 6.45) is 47.6. The monoisotopic (exact) mass is 649 g/mol. The predicted molar refractivity (Wildman–Crippen MR) is 200 cm³/mol. The third-order valence-electron chi connectivity index (χ3n) is 9.56. The van der Waals surface area contributed by atoms with Gasteiger partial charge in [-0.3, -0.25) is 9.59 Å². The van der Waals surface area contributed by atoms with Gasteiger partial charge in [-0.2, -0.15) is 0 Å². The standard InChI is InChI=1S/C42H80O4/c1-3-5-6-7-8-9-10-11-12-13-14-15-16-17-18-19-24-27-30-33-36-39-42(45)46-40(4-2)37-34-31-28-25-22-20-21-23-26-29-32-35-38-41(43)44/h11-12,40H,3-10,13-39H2,1-2H3,(H,43,44)/b12-11-. The maximum absolute atomic E-state index is 12.3. The highest BCUT2D eigenvalue weighted by atomic mass is 16.5. The van der Waals surface area contributed by atoms with E-state index in [0.717, 1.165) is 38.5 Å². The van der Waals surface area contributed by atoms with Crippen molar-refractivity contribution >= 4 is 11.9 Å². The molecule has 4 heteroatoms. The fourth-order valence-corrected chi connectivity index (χ4v) is 6.41. The minimum Gasteiger partial charge on any atom is -0.481 e. The molecule has 0 bridgehead atoms. The maximum Gasteiger partial charge on any atom is 0.306 e. The van der Waals surface area contributed by atoms with Crippen LogP contribution >= 0.6 is 0 Å². The summed E-state index contributed by atoms with van der Waals surface area (Å²) < 4.78 is 5.79. The molecule has 272 valence electrons. The lowest BCUT2D eigenvalue weighted by molar-refractivity contribution is -0.149. The van der Waals surface area contributed by atoms with Crippen LogP contribution in [-0.4, -0.2) is 23.1 Å². The molecule has 0 aliphatic rings. The Bertz CT molecular complexity index is 658. The number of aliphatic carboxylic acids is 1. The molecule has 0 aromatic rings. The molecule has 4 nitrogen and oxygen atoms in total. The Kier molecular flexibility index (Phi) is 37.0. The van der Waals surface area contributed by atoms with Gasteiger partial charge in [-0.15, -0.1) is 0 Å². The summed E-state index contributed by atoms with van der Waals surface area (Å²) in [5, 5.41) is 8.66. The van der Waals surface area contributed by atoms with Crippen molar-refractivity contribution in [2.45, 2.75) is 245 Å². The Morgan fingerprint density at radius 1 is 0.478 bits per heavy atom. The summed E-state index contributed by atoms with van der Waals surface area (Å²) in [6, 6.07) is 0. The smallest absolute Gasteiger partial charge is 0.306 e. The first-order chi connectivity index (χ1) is 22.6. The predicted octanol–water partition coefficient (Wildman–Crippen LogP) is 14.2. The van der Waals surface area contributed by atoms with Crippen molar-refractivity contribution < 1.29 is 19.4 Å². The number of rotatable bonds is 38. The Labute approximate surface area is 287 Å². The van der Waals surface area contributed by atoms with E-state index in [0.29, 0.717) is 12.8 Å². The number of esters is 1. The Morgan fingerprint density at radius 3 is 1.22 bits per heavy atom. The van der Waals surface area contributed by atoms with Gasteiger partial charge in [0.15, 0.2) is 0 Å². The Hall–Kier alpha value is -1.32. The molecule has 1 atom stereocenters. The van der Waals surface area contributed by atoms with E-state index >= 15 is 0 Å². The number of carbonyl (C=O) groups is 2. The van der Waals surface area contributed by atoms with E-state index in [-0.39, 0.29) is 12.1 Å². The Balaban J connectivity index is 3.39. The largest absolute Gasteiger partial charge is 0.481 e. The molecule has 1 unspecified atom stereocenters. The molecular formula is C42H80O4. The second-order valence-electron chi connectivity index (χ2n) is 14.2. The van der Waals surface area contributed by atoms with Gasteiger partial charge in [0.05, 0.1) is 0 Å². The van der Waals surface area contributed by atoms with Crippen LogP contribution in [0.2, 0.25) is 0 Å². The van der Waals surface area contributed by atoms with Crippen LogP contribution in [0.4, 0.5) is 0 Å². The first-order valence-corrected chi connectivity index (χ1v) is 20.7. The van der Waals surface area contributed by atoms with Gasteiger partial charge in [0.1, 0.15) is 6.10 Å². The van der Waals surface area contributed by atoms with Crippen LogP contribution in [0.1, 0.15) is 239 Å². The minimum atomic E-state index is -0.670. The second kappa shape index (κ2) is 38.1. The fourth-order valence-electron chi connectivity index (χ4n) is 6.41. The summed E-state index contributed by atoms with van der Waals surface area (Å²) in [5.74, 6) is -0.654. The highest BCUT2D eigenvalue weighted by Gasteiger charge is 2.12. The summed E-state index contributed by atoms with van der Waals surface area (Å²) >= 11 is 0. The molecule has 0 aromatic heterocycles. The summed E-state index contributed by atoms with van der Waals surface area (Å²) in [7, 11) is 0. The van der Waals surface area contributed by atoms with Crippen molar-refractivity contribution in [3.8, 4) is 0 Å². The number of hydrogen-bond donors (Lipinski definition) is 1. The van der Waals surface area contributed by atoms with Crippen LogP contribution < -0.4 is 0 Å². The number of carboxylic acid groups (broad SMARTS) is 1. The van der Waals surface area contributed by atoms with Gasteiger partial charge in [0.25, 0.3) is 0 Å². The quantitative estimate of drug-likeness (QED) is 0.0411. The van der Waals surface area contributed by atoms with Gasteiger partial charge in [-0.05, 0) is 57.8 Å². The molecule has 0 rings (SSSR count). The number of hydrogen-bond acceptors (Lipinski definition) is 3. The van der Waals surface area contributed by atoms with E-state index in [4.69, 9.17) is 9.84 Å². The van der Waals surface area contributed by atoms with Gasteiger partial charge >= 0.3 is 11.9 Å². The lowest BCUT2D eigenvalue weighted by Crippen LogP contribution is -2.17. The SMILES string of the molecule is CCCCCCCC/C=C\CCCCCCCCCCCCCC(=O)OC(CC)CCCCCCCCCCCCCCC(=O)O. The molecule has 0 saturated carbocycles.